The van der Waals surface area contributed by atoms with Crippen LogP contribution >= 0.6 is 0 Å². The zero-order chi connectivity index (χ0) is 18.4. The summed E-state index contributed by atoms with van der Waals surface area (Å²) in [5.41, 5.74) is -0.232. The van der Waals surface area contributed by atoms with Gasteiger partial charge in [-0.25, -0.2) is 4.79 Å². The first kappa shape index (κ1) is 19.3. The van der Waals surface area contributed by atoms with Crippen molar-refractivity contribution in [3.8, 4) is 0 Å². The van der Waals surface area contributed by atoms with Crippen LogP contribution in [0, 0.1) is 5.92 Å². The maximum Gasteiger partial charge on any atom is 0.416 e. The van der Waals surface area contributed by atoms with Gasteiger partial charge in [0.1, 0.15) is 6.04 Å². The van der Waals surface area contributed by atoms with E-state index in [1.165, 1.54) is 19.2 Å². The van der Waals surface area contributed by atoms with Crippen LogP contribution < -0.4 is 5.32 Å². The fourth-order valence-corrected chi connectivity index (χ4v) is 3.06. The number of rotatable bonds is 5. The van der Waals surface area contributed by atoms with E-state index in [1.54, 1.807) is 0 Å². The number of methoxy groups -OCH3 is 1. The molecule has 1 aliphatic carbocycles. The van der Waals surface area contributed by atoms with E-state index in [9.17, 15) is 22.8 Å². The normalized spacial score (nSPS) is 17.0. The second kappa shape index (κ2) is 8.36. The Balaban J connectivity index is 2.04. The molecule has 0 spiro atoms. The molecule has 0 aliphatic heterocycles. The van der Waals surface area contributed by atoms with Gasteiger partial charge in [0.2, 0.25) is 5.91 Å². The lowest BCUT2D eigenvalue weighted by Gasteiger charge is -2.24. The second-order valence-electron chi connectivity index (χ2n) is 6.32. The molecule has 1 N–H and O–H groups in total. The fraction of sp³-hybridized carbons (Fsp3) is 0.556. The number of amides is 1. The van der Waals surface area contributed by atoms with Crippen molar-refractivity contribution in [2.45, 2.75) is 50.7 Å². The van der Waals surface area contributed by atoms with E-state index in [-0.39, 0.29) is 18.2 Å². The van der Waals surface area contributed by atoms with Crippen LogP contribution in [0.2, 0.25) is 0 Å². The maximum atomic E-state index is 12.6. The van der Waals surface area contributed by atoms with Crippen molar-refractivity contribution in [2.75, 3.05) is 7.11 Å². The molecule has 1 saturated carbocycles. The highest BCUT2D eigenvalue weighted by molar-refractivity contribution is 5.86. The van der Waals surface area contributed by atoms with Crippen LogP contribution in [0.1, 0.15) is 43.2 Å². The summed E-state index contributed by atoms with van der Waals surface area (Å²) in [5.74, 6) is -0.917. The van der Waals surface area contributed by atoms with Gasteiger partial charge in [-0.15, -0.1) is 0 Å². The van der Waals surface area contributed by atoms with Gasteiger partial charge in [-0.05, 0) is 30.5 Å². The van der Waals surface area contributed by atoms with Crippen molar-refractivity contribution in [3.63, 3.8) is 0 Å². The molecule has 2 rings (SSSR count). The average Bonchev–Trinajstić information content (AvgIpc) is 2.60. The molecule has 0 unspecified atom stereocenters. The standard InChI is InChI=1S/C18H22F3NO3/c1-25-17(24)15(22-16(23)13-5-3-2-4-6-13)11-12-7-9-14(10-8-12)18(19,20)21/h7-10,13,15H,2-6,11H2,1H3,(H,22,23)/t15-/m0/s1. The molecule has 1 fully saturated rings. The van der Waals surface area contributed by atoms with E-state index in [1.807, 2.05) is 0 Å². The first-order valence-corrected chi connectivity index (χ1v) is 8.35. The molecule has 0 saturated heterocycles. The SMILES string of the molecule is COC(=O)[C@H](Cc1ccc(C(F)(F)F)cc1)NC(=O)C1CCCCC1. The number of carbonyl (C=O) groups is 2. The number of esters is 1. The maximum absolute atomic E-state index is 12.6. The van der Waals surface area contributed by atoms with E-state index < -0.39 is 23.8 Å². The third kappa shape index (κ3) is 5.47. The van der Waals surface area contributed by atoms with Crippen molar-refractivity contribution >= 4 is 11.9 Å². The Morgan fingerprint density at radius 1 is 1.16 bits per heavy atom. The average molecular weight is 357 g/mol. The number of hydrogen-bond donors (Lipinski definition) is 1. The highest BCUT2D eigenvalue weighted by atomic mass is 19.4. The van der Waals surface area contributed by atoms with Crippen LogP contribution in [0.25, 0.3) is 0 Å². The molecular formula is C18H22F3NO3. The molecule has 1 amide bonds. The van der Waals surface area contributed by atoms with Gasteiger partial charge in [-0.2, -0.15) is 13.2 Å². The van der Waals surface area contributed by atoms with Gasteiger partial charge in [-0.1, -0.05) is 31.4 Å². The van der Waals surface area contributed by atoms with Gasteiger partial charge < -0.3 is 10.1 Å². The Hall–Kier alpha value is -2.05. The molecule has 4 nitrogen and oxygen atoms in total. The quantitative estimate of drug-likeness (QED) is 0.821. The van der Waals surface area contributed by atoms with Crippen LogP contribution in [0.4, 0.5) is 13.2 Å². The second-order valence-corrected chi connectivity index (χ2v) is 6.32. The summed E-state index contributed by atoms with van der Waals surface area (Å²) in [6, 6.07) is 3.65. The third-order valence-corrected chi connectivity index (χ3v) is 4.50. The first-order chi connectivity index (χ1) is 11.8. The molecule has 0 bridgehead atoms. The number of carbonyl (C=O) groups excluding carboxylic acids is 2. The number of nitrogens with one attached hydrogen (secondary N) is 1. The van der Waals surface area contributed by atoms with Crippen molar-refractivity contribution in [1.82, 2.24) is 5.32 Å². The van der Waals surface area contributed by atoms with Crippen molar-refractivity contribution in [3.05, 3.63) is 35.4 Å². The third-order valence-electron chi connectivity index (χ3n) is 4.50. The fourth-order valence-electron chi connectivity index (χ4n) is 3.06. The molecular weight excluding hydrogens is 335 g/mol. The highest BCUT2D eigenvalue weighted by Crippen LogP contribution is 2.29. The zero-order valence-electron chi connectivity index (χ0n) is 14.1. The molecule has 0 heterocycles. The smallest absolute Gasteiger partial charge is 0.416 e. The molecule has 138 valence electrons. The Kier molecular flexibility index (Phi) is 6.45. The van der Waals surface area contributed by atoms with Gasteiger partial charge >= 0.3 is 12.1 Å². The van der Waals surface area contributed by atoms with E-state index >= 15 is 0 Å². The number of benzene rings is 1. The number of halogens is 3. The van der Waals surface area contributed by atoms with Gasteiger partial charge in [-0.3, -0.25) is 4.79 Å². The summed E-state index contributed by atoms with van der Waals surface area (Å²) in [6.45, 7) is 0. The molecule has 0 aromatic heterocycles. The number of hydrogen-bond acceptors (Lipinski definition) is 3. The highest BCUT2D eigenvalue weighted by Gasteiger charge is 2.31. The Morgan fingerprint density at radius 2 is 1.76 bits per heavy atom. The molecule has 25 heavy (non-hydrogen) atoms. The zero-order valence-corrected chi connectivity index (χ0v) is 14.1. The molecule has 0 radical (unpaired) electrons. The monoisotopic (exact) mass is 357 g/mol. The Bertz CT molecular complexity index is 593. The molecule has 1 aliphatic rings. The predicted octanol–water partition coefficient (Wildman–Crippen LogP) is 3.49. The van der Waals surface area contributed by atoms with Gasteiger partial charge in [0.05, 0.1) is 12.7 Å². The Morgan fingerprint density at radius 3 is 2.28 bits per heavy atom. The summed E-state index contributed by atoms with van der Waals surface area (Å²) >= 11 is 0. The summed E-state index contributed by atoms with van der Waals surface area (Å²) in [5, 5.41) is 2.70. The predicted molar refractivity (Wildman–Crippen MR) is 85.7 cm³/mol. The van der Waals surface area contributed by atoms with E-state index in [0.717, 1.165) is 44.2 Å². The summed E-state index contributed by atoms with van der Waals surface area (Å²) in [4.78, 5) is 24.3. The lowest BCUT2D eigenvalue weighted by molar-refractivity contribution is -0.145. The summed E-state index contributed by atoms with van der Waals surface area (Å²) in [7, 11) is 1.22. The topological polar surface area (TPSA) is 55.4 Å². The first-order valence-electron chi connectivity index (χ1n) is 8.35. The summed E-state index contributed by atoms with van der Waals surface area (Å²) in [6.07, 6.45) is 0.342. The number of alkyl halides is 3. The van der Waals surface area contributed by atoms with Gasteiger partial charge in [0.25, 0.3) is 0 Å². The minimum atomic E-state index is -4.41. The molecule has 1 aromatic rings. The van der Waals surface area contributed by atoms with Gasteiger partial charge in [0.15, 0.2) is 0 Å². The lowest BCUT2D eigenvalue weighted by atomic mass is 9.88. The van der Waals surface area contributed by atoms with Crippen molar-refractivity contribution < 1.29 is 27.5 Å². The van der Waals surface area contributed by atoms with Crippen molar-refractivity contribution in [2.24, 2.45) is 5.92 Å². The molecule has 7 heteroatoms. The van der Waals surface area contributed by atoms with E-state index in [2.05, 4.69) is 5.32 Å². The van der Waals surface area contributed by atoms with Crippen molar-refractivity contribution in [1.29, 1.82) is 0 Å². The number of ether oxygens (including phenoxy) is 1. The largest absolute Gasteiger partial charge is 0.467 e. The van der Waals surface area contributed by atoms with Crippen LogP contribution in [0.15, 0.2) is 24.3 Å². The van der Waals surface area contributed by atoms with E-state index in [4.69, 9.17) is 4.74 Å². The Labute approximate surface area is 144 Å². The lowest BCUT2D eigenvalue weighted by Crippen LogP contribution is -2.45. The molecule has 1 aromatic carbocycles. The van der Waals surface area contributed by atoms with Crippen LogP contribution in [0.3, 0.4) is 0 Å². The van der Waals surface area contributed by atoms with Crippen LogP contribution in [-0.2, 0) is 26.9 Å². The van der Waals surface area contributed by atoms with Gasteiger partial charge in [0, 0.05) is 12.3 Å². The minimum absolute atomic E-state index is 0.0866. The van der Waals surface area contributed by atoms with Crippen LogP contribution in [0.5, 0.6) is 0 Å². The van der Waals surface area contributed by atoms with Crippen LogP contribution in [-0.4, -0.2) is 25.0 Å². The molecule has 1 atom stereocenters. The summed E-state index contributed by atoms with van der Waals surface area (Å²) < 4.78 is 42.6. The minimum Gasteiger partial charge on any atom is -0.467 e. The van der Waals surface area contributed by atoms with E-state index in [0.29, 0.717) is 5.56 Å².